The number of hydrogen-bond acceptors (Lipinski definition) is 2. The first kappa shape index (κ1) is 9.62. The second kappa shape index (κ2) is 3.67. The Morgan fingerprint density at radius 2 is 2.07 bits per heavy atom. The first-order chi connectivity index (χ1) is 6.66. The fourth-order valence-electron chi connectivity index (χ4n) is 1.34. The Bertz CT molecular complexity index is 468. The zero-order chi connectivity index (χ0) is 10.1. The van der Waals surface area contributed by atoms with Crippen molar-refractivity contribution in [2.75, 3.05) is 0 Å². The zero-order valence-electron chi connectivity index (χ0n) is 7.74. The van der Waals surface area contributed by atoms with Crippen LogP contribution in [0.3, 0.4) is 0 Å². The van der Waals surface area contributed by atoms with Crippen molar-refractivity contribution in [2.45, 2.75) is 13.0 Å². The summed E-state index contributed by atoms with van der Waals surface area (Å²) in [6.45, 7) is 1.72. The Morgan fingerprint density at radius 1 is 1.29 bits per heavy atom. The minimum absolute atomic E-state index is 0.511. The largest absolute Gasteiger partial charge is 0.387 e. The molecule has 2 rings (SSSR count). The fourth-order valence-corrected chi connectivity index (χ4v) is 1.72. The summed E-state index contributed by atoms with van der Waals surface area (Å²) in [6, 6.07) is 9.70. The zero-order valence-corrected chi connectivity index (χ0v) is 9.32. The lowest BCUT2D eigenvalue weighted by atomic mass is 10.2. The number of aliphatic hydroxyl groups excluding tert-OH is 1. The van der Waals surface area contributed by atoms with Gasteiger partial charge in [0.15, 0.2) is 0 Å². The van der Waals surface area contributed by atoms with Gasteiger partial charge in [-0.25, -0.2) is 0 Å². The predicted molar refractivity (Wildman–Crippen MR) is 60.1 cm³/mol. The predicted octanol–water partition coefficient (Wildman–Crippen LogP) is 3.05. The van der Waals surface area contributed by atoms with Gasteiger partial charge in [-0.05, 0) is 31.2 Å². The Kier molecular flexibility index (Phi) is 2.52. The molecule has 1 heterocycles. The number of pyridine rings is 1. The van der Waals surface area contributed by atoms with Crippen LogP contribution < -0.4 is 0 Å². The molecule has 1 N–H and O–H groups in total. The van der Waals surface area contributed by atoms with Gasteiger partial charge in [-0.1, -0.05) is 22.0 Å². The minimum Gasteiger partial charge on any atom is -0.387 e. The lowest BCUT2D eigenvalue weighted by Crippen LogP contribution is -1.94. The molecule has 1 atom stereocenters. The van der Waals surface area contributed by atoms with Gasteiger partial charge in [-0.15, -0.1) is 0 Å². The summed E-state index contributed by atoms with van der Waals surface area (Å²) in [4.78, 5) is 4.34. The van der Waals surface area contributed by atoms with E-state index >= 15 is 0 Å². The number of nitrogens with zero attached hydrogens (tertiary/aromatic N) is 1. The van der Waals surface area contributed by atoms with Crippen molar-refractivity contribution in [3.63, 3.8) is 0 Å². The van der Waals surface area contributed by atoms with Crippen molar-refractivity contribution in [3.8, 4) is 0 Å². The van der Waals surface area contributed by atoms with E-state index in [0.29, 0.717) is 5.69 Å². The molecule has 0 saturated heterocycles. The van der Waals surface area contributed by atoms with E-state index in [9.17, 15) is 5.11 Å². The summed E-state index contributed by atoms with van der Waals surface area (Å²) in [5.74, 6) is 0. The maximum absolute atomic E-state index is 9.37. The Balaban J connectivity index is 2.62. The van der Waals surface area contributed by atoms with Gasteiger partial charge >= 0.3 is 0 Å². The number of halogens is 1. The van der Waals surface area contributed by atoms with E-state index in [-0.39, 0.29) is 0 Å². The molecule has 1 aromatic heterocycles. The van der Waals surface area contributed by atoms with Crippen LogP contribution in [-0.4, -0.2) is 10.1 Å². The van der Waals surface area contributed by atoms with E-state index in [4.69, 9.17) is 0 Å². The number of benzene rings is 1. The van der Waals surface area contributed by atoms with Crippen molar-refractivity contribution in [1.29, 1.82) is 0 Å². The molecule has 2 nitrogen and oxygen atoms in total. The second-order valence-corrected chi connectivity index (χ2v) is 4.16. The summed E-state index contributed by atoms with van der Waals surface area (Å²) in [7, 11) is 0. The average molecular weight is 252 g/mol. The average Bonchev–Trinajstić information content (AvgIpc) is 2.16. The van der Waals surface area contributed by atoms with Crippen molar-refractivity contribution in [2.24, 2.45) is 0 Å². The highest BCUT2D eigenvalue weighted by Crippen LogP contribution is 2.20. The summed E-state index contributed by atoms with van der Waals surface area (Å²) >= 11 is 3.40. The third-order valence-electron chi connectivity index (χ3n) is 2.10. The maximum atomic E-state index is 9.37. The lowest BCUT2D eigenvalue weighted by Gasteiger charge is -2.05. The SMILES string of the molecule is CC(O)c1ccc2cc(Br)ccc2n1. The molecule has 0 spiro atoms. The highest BCUT2D eigenvalue weighted by atomic mass is 79.9. The second-order valence-electron chi connectivity index (χ2n) is 3.25. The van der Waals surface area contributed by atoms with Crippen LogP contribution in [0.25, 0.3) is 10.9 Å². The quantitative estimate of drug-likeness (QED) is 0.846. The van der Waals surface area contributed by atoms with Crippen LogP contribution >= 0.6 is 15.9 Å². The molecule has 2 aromatic rings. The number of aliphatic hydroxyl groups is 1. The van der Waals surface area contributed by atoms with Crippen LogP contribution in [0, 0.1) is 0 Å². The number of hydrogen-bond donors (Lipinski definition) is 1. The van der Waals surface area contributed by atoms with Crippen LogP contribution in [0.1, 0.15) is 18.7 Å². The molecule has 0 fully saturated rings. The molecule has 3 heteroatoms. The van der Waals surface area contributed by atoms with E-state index in [2.05, 4.69) is 20.9 Å². The molecule has 0 amide bonds. The third-order valence-corrected chi connectivity index (χ3v) is 2.59. The van der Waals surface area contributed by atoms with E-state index in [1.54, 1.807) is 6.92 Å². The molecule has 0 saturated carbocycles. The van der Waals surface area contributed by atoms with Crippen LogP contribution in [-0.2, 0) is 0 Å². The fraction of sp³-hybridized carbons (Fsp3) is 0.182. The van der Waals surface area contributed by atoms with Gasteiger partial charge in [-0.3, -0.25) is 4.98 Å². The van der Waals surface area contributed by atoms with Crippen molar-refractivity contribution >= 4 is 26.8 Å². The number of fused-ring (bicyclic) bond motifs is 1. The summed E-state index contributed by atoms with van der Waals surface area (Å²) in [5, 5.41) is 10.4. The monoisotopic (exact) mass is 251 g/mol. The van der Waals surface area contributed by atoms with Crippen molar-refractivity contribution < 1.29 is 5.11 Å². The van der Waals surface area contributed by atoms with E-state index in [0.717, 1.165) is 15.4 Å². The Morgan fingerprint density at radius 3 is 2.79 bits per heavy atom. The molecule has 0 aliphatic rings. The molecular formula is C11H10BrNO. The first-order valence-corrected chi connectivity index (χ1v) is 5.20. The number of rotatable bonds is 1. The Hall–Kier alpha value is -0.930. The van der Waals surface area contributed by atoms with Crippen LogP contribution in [0.2, 0.25) is 0 Å². The topological polar surface area (TPSA) is 33.1 Å². The van der Waals surface area contributed by atoms with Crippen LogP contribution in [0.5, 0.6) is 0 Å². The maximum Gasteiger partial charge on any atom is 0.0932 e. The van der Waals surface area contributed by atoms with Gasteiger partial charge in [0.05, 0.1) is 17.3 Å². The van der Waals surface area contributed by atoms with Crippen LogP contribution in [0.4, 0.5) is 0 Å². The normalized spacial score (nSPS) is 13.1. The molecule has 0 aliphatic carbocycles. The third kappa shape index (κ3) is 1.79. The van der Waals surface area contributed by atoms with Gasteiger partial charge in [-0.2, -0.15) is 0 Å². The van der Waals surface area contributed by atoms with Crippen molar-refractivity contribution in [3.05, 3.63) is 40.5 Å². The van der Waals surface area contributed by atoms with E-state index in [1.807, 2.05) is 30.3 Å². The highest BCUT2D eigenvalue weighted by Gasteiger charge is 2.03. The molecule has 72 valence electrons. The van der Waals surface area contributed by atoms with Gasteiger partial charge in [0.1, 0.15) is 0 Å². The summed E-state index contributed by atoms with van der Waals surface area (Å²) in [6.07, 6.45) is -0.511. The van der Waals surface area contributed by atoms with Crippen LogP contribution in [0.15, 0.2) is 34.8 Å². The number of aromatic nitrogens is 1. The summed E-state index contributed by atoms with van der Waals surface area (Å²) in [5.41, 5.74) is 1.62. The smallest absolute Gasteiger partial charge is 0.0932 e. The standard InChI is InChI=1S/C11H10BrNO/c1-7(14)10-4-2-8-6-9(12)3-5-11(8)13-10/h2-7,14H,1H3. The summed E-state index contributed by atoms with van der Waals surface area (Å²) < 4.78 is 1.04. The van der Waals surface area contributed by atoms with E-state index < -0.39 is 6.10 Å². The lowest BCUT2D eigenvalue weighted by molar-refractivity contribution is 0.195. The van der Waals surface area contributed by atoms with Gasteiger partial charge in [0.25, 0.3) is 0 Å². The van der Waals surface area contributed by atoms with Crippen molar-refractivity contribution in [1.82, 2.24) is 4.98 Å². The molecule has 0 radical (unpaired) electrons. The Labute approximate surface area is 90.7 Å². The van der Waals surface area contributed by atoms with Gasteiger partial charge in [0.2, 0.25) is 0 Å². The van der Waals surface area contributed by atoms with Gasteiger partial charge < -0.3 is 5.11 Å². The van der Waals surface area contributed by atoms with Gasteiger partial charge in [0, 0.05) is 9.86 Å². The molecule has 1 aromatic carbocycles. The molecule has 0 bridgehead atoms. The first-order valence-electron chi connectivity index (χ1n) is 4.41. The molecule has 1 unspecified atom stereocenters. The molecular weight excluding hydrogens is 242 g/mol. The molecule has 0 aliphatic heterocycles. The molecule has 14 heavy (non-hydrogen) atoms. The minimum atomic E-state index is -0.511. The highest BCUT2D eigenvalue weighted by molar-refractivity contribution is 9.10. The van der Waals surface area contributed by atoms with E-state index in [1.165, 1.54) is 0 Å².